The number of anilines is 1. The predicted octanol–water partition coefficient (Wildman–Crippen LogP) is 5.20. The Morgan fingerprint density at radius 3 is 2.17 bits per heavy atom. The van der Waals surface area contributed by atoms with Crippen LogP contribution in [0.5, 0.6) is 0 Å². The van der Waals surface area contributed by atoms with Crippen LogP contribution in [-0.4, -0.2) is 43.8 Å². The van der Waals surface area contributed by atoms with Crippen LogP contribution in [0.3, 0.4) is 0 Å². The molecule has 212 valence electrons. The van der Waals surface area contributed by atoms with E-state index < -0.39 is 34.3 Å². The molecule has 1 aliphatic carbocycles. The molecule has 1 saturated carbocycles. The first kappa shape index (κ1) is 29.3. The maximum atomic E-state index is 14.1. The number of amides is 2. The minimum atomic E-state index is -4.23. The standard InChI is InChI=1S/C31H36FN3O4S/c1-3-29(31(37)33-26-9-7-8-10-26)34(21-24-15-13-23(2)14-16-24)30(36)22-35(27-11-5-4-6-12-27)40(38,39)28-19-17-25(32)18-20-28/h4-6,11-20,26,29H,3,7-10,21-22H2,1-2H3,(H,33,37). The van der Waals surface area contributed by atoms with E-state index in [1.807, 2.05) is 38.1 Å². The number of carbonyl (C=O) groups is 2. The molecule has 3 aromatic rings. The molecule has 1 unspecified atom stereocenters. The zero-order chi connectivity index (χ0) is 28.7. The van der Waals surface area contributed by atoms with Crippen molar-refractivity contribution in [1.29, 1.82) is 0 Å². The van der Waals surface area contributed by atoms with Gasteiger partial charge in [0.2, 0.25) is 11.8 Å². The van der Waals surface area contributed by atoms with E-state index >= 15 is 0 Å². The maximum absolute atomic E-state index is 14.1. The van der Waals surface area contributed by atoms with Crippen LogP contribution in [0.15, 0.2) is 83.8 Å². The summed E-state index contributed by atoms with van der Waals surface area (Å²) in [6.07, 6.45) is 4.30. The average molecular weight is 566 g/mol. The molecule has 0 spiro atoms. The lowest BCUT2D eigenvalue weighted by Crippen LogP contribution is -2.53. The highest BCUT2D eigenvalue weighted by Gasteiger charge is 2.34. The van der Waals surface area contributed by atoms with Gasteiger partial charge in [0.25, 0.3) is 10.0 Å². The monoisotopic (exact) mass is 565 g/mol. The summed E-state index contributed by atoms with van der Waals surface area (Å²) >= 11 is 0. The van der Waals surface area contributed by atoms with Crippen molar-refractivity contribution in [2.75, 3.05) is 10.8 Å². The molecule has 2 amide bonds. The molecule has 0 radical (unpaired) electrons. The van der Waals surface area contributed by atoms with E-state index in [4.69, 9.17) is 0 Å². The fourth-order valence-corrected chi connectivity index (χ4v) is 6.45. The highest BCUT2D eigenvalue weighted by Crippen LogP contribution is 2.25. The molecule has 7 nitrogen and oxygen atoms in total. The van der Waals surface area contributed by atoms with E-state index in [1.54, 1.807) is 30.3 Å². The van der Waals surface area contributed by atoms with E-state index in [9.17, 15) is 22.4 Å². The second kappa shape index (κ2) is 13.1. The molecule has 1 N–H and O–H groups in total. The molecule has 40 heavy (non-hydrogen) atoms. The normalized spacial score (nSPS) is 14.5. The van der Waals surface area contributed by atoms with Crippen molar-refractivity contribution < 1.29 is 22.4 Å². The van der Waals surface area contributed by atoms with Gasteiger partial charge < -0.3 is 10.2 Å². The van der Waals surface area contributed by atoms with E-state index in [2.05, 4.69) is 5.32 Å². The molecule has 1 aliphatic rings. The number of para-hydroxylation sites is 1. The van der Waals surface area contributed by atoms with Crippen molar-refractivity contribution in [3.05, 3.63) is 95.8 Å². The summed E-state index contributed by atoms with van der Waals surface area (Å²) in [5, 5.41) is 3.11. The van der Waals surface area contributed by atoms with Crippen molar-refractivity contribution in [2.45, 2.75) is 69.5 Å². The summed E-state index contributed by atoms with van der Waals surface area (Å²) in [5.41, 5.74) is 2.19. The quantitative estimate of drug-likeness (QED) is 0.347. The Kier molecular flexibility index (Phi) is 9.58. The predicted molar refractivity (Wildman–Crippen MR) is 154 cm³/mol. The lowest BCUT2D eigenvalue weighted by Gasteiger charge is -2.33. The molecule has 4 rings (SSSR count). The summed E-state index contributed by atoms with van der Waals surface area (Å²) in [6.45, 7) is 3.44. The zero-order valence-electron chi connectivity index (χ0n) is 22.9. The zero-order valence-corrected chi connectivity index (χ0v) is 23.7. The smallest absolute Gasteiger partial charge is 0.264 e. The summed E-state index contributed by atoms with van der Waals surface area (Å²) in [6, 6.07) is 19.8. The Balaban J connectivity index is 1.68. The summed E-state index contributed by atoms with van der Waals surface area (Å²) in [5.74, 6) is -1.31. The topological polar surface area (TPSA) is 86.8 Å². The van der Waals surface area contributed by atoms with Gasteiger partial charge in [0.15, 0.2) is 0 Å². The molecule has 9 heteroatoms. The van der Waals surface area contributed by atoms with Crippen molar-refractivity contribution in [1.82, 2.24) is 10.2 Å². The molecular formula is C31H36FN3O4S. The SMILES string of the molecule is CCC(C(=O)NC1CCCC1)N(Cc1ccc(C)cc1)C(=O)CN(c1ccccc1)S(=O)(=O)c1ccc(F)cc1. The van der Waals surface area contributed by atoms with E-state index in [1.165, 1.54) is 17.0 Å². The van der Waals surface area contributed by atoms with Crippen LogP contribution in [0.1, 0.15) is 50.2 Å². The van der Waals surface area contributed by atoms with Gasteiger partial charge in [-0.05, 0) is 68.1 Å². The van der Waals surface area contributed by atoms with Crippen LogP contribution >= 0.6 is 0 Å². The number of sulfonamides is 1. The summed E-state index contributed by atoms with van der Waals surface area (Å²) in [7, 11) is -4.23. The van der Waals surface area contributed by atoms with Crippen LogP contribution in [-0.2, 0) is 26.2 Å². The first-order chi connectivity index (χ1) is 19.2. The third-order valence-electron chi connectivity index (χ3n) is 7.29. The number of halogens is 1. The lowest BCUT2D eigenvalue weighted by atomic mass is 10.1. The third-order valence-corrected chi connectivity index (χ3v) is 9.07. The Bertz CT molecular complexity index is 1390. The van der Waals surface area contributed by atoms with Crippen LogP contribution < -0.4 is 9.62 Å². The number of hydrogen-bond donors (Lipinski definition) is 1. The van der Waals surface area contributed by atoms with Crippen LogP contribution in [0.4, 0.5) is 10.1 Å². The highest BCUT2D eigenvalue weighted by atomic mass is 32.2. The van der Waals surface area contributed by atoms with Crippen molar-refractivity contribution in [3.8, 4) is 0 Å². The molecule has 1 atom stereocenters. The van der Waals surface area contributed by atoms with Gasteiger partial charge in [0.05, 0.1) is 10.6 Å². The highest BCUT2D eigenvalue weighted by molar-refractivity contribution is 7.92. The second-order valence-electron chi connectivity index (χ2n) is 10.2. The molecule has 3 aromatic carbocycles. The molecule has 0 aromatic heterocycles. The van der Waals surface area contributed by atoms with E-state index in [0.717, 1.165) is 53.2 Å². The maximum Gasteiger partial charge on any atom is 0.264 e. The van der Waals surface area contributed by atoms with Crippen LogP contribution in [0, 0.1) is 12.7 Å². The van der Waals surface area contributed by atoms with Gasteiger partial charge in [-0.3, -0.25) is 13.9 Å². The van der Waals surface area contributed by atoms with Crippen molar-refractivity contribution >= 4 is 27.5 Å². The number of rotatable bonds is 11. The van der Waals surface area contributed by atoms with E-state index in [-0.39, 0.29) is 23.4 Å². The fourth-order valence-electron chi connectivity index (χ4n) is 5.03. The number of benzene rings is 3. The second-order valence-corrected chi connectivity index (χ2v) is 12.1. The minimum absolute atomic E-state index is 0.0811. The largest absolute Gasteiger partial charge is 0.352 e. The van der Waals surface area contributed by atoms with Gasteiger partial charge in [-0.25, -0.2) is 12.8 Å². The Morgan fingerprint density at radius 1 is 0.950 bits per heavy atom. The Morgan fingerprint density at radius 2 is 1.57 bits per heavy atom. The van der Waals surface area contributed by atoms with Crippen molar-refractivity contribution in [2.24, 2.45) is 0 Å². The van der Waals surface area contributed by atoms with E-state index in [0.29, 0.717) is 12.1 Å². The fraction of sp³-hybridized carbons (Fsp3) is 0.355. The molecular weight excluding hydrogens is 529 g/mol. The van der Waals surface area contributed by atoms with Crippen molar-refractivity contribution in [3.63, 3.8) is 0 Å². The Hall–Kier alpha value is -3.72. The number of nitrogens with one attached hydrogen (secondary N) is 1. The first-order valence-electron chi connectivity index (χ1n) is 13.7. The van der Waals surface area contributed by atoms with Gasteiger partial charge in [0.1, 0.15) is 18.4 Å². The molecule has 0 saturated heterocycles. The molecule has 0 heterocycles. The number of aryl methyl sites for hydroxylation is 1. The minimum Gasteiger partial charge on any atom is -0.352 e. The van der Waals surface area contributed by atoms with Gasteiger partial charge >= 0.3 is 0 Å². The van der Waals surface area contributed by atoms with Gasteiger partial charge in [0, 0.05) is 12.6 Å². The number of carbonyl (C=O) groups excluding carboxylic acids is 2. The van der Waals surface area contributed by atoms with Crippen LogP contribution in [0.2, 0.25) is 0 Å². The Labute approximate surface area is 236 Å². The van der Waals surface area contributed by atoms with Gasteiger partial charge in [-0.15, -0.1) is 0 Å². The number of nitrogens with zero attached hydrogens (tertiary/aromatic N) is 2. The summed E-state index contributed by atoms with van der Waals surface area (Å²) < 4.78 is 42.1. The third kappa shape index (κ3) is 7.07. The number of hydrogen-bond acceptors (Lipinski definition) is 4. The average Bonchev–Trinajstić information content (AvgIpc) is 3.46. The molecule has 0 bridgehead atoms. The van der Waals surface area contributed by atoms with Gasteiger partial charge in [-0.1, -0.05) is 67.8 Å². The first-order valence-corrected chi connectivity index (χ1v) is 15.1. The molecule has 0 aliphatic heterocycles. The molecule has 1 fully saturated rings. The van der Waals surface area contributed by atoms with Crippen LogP contribution in [0.25, 0.3) is 0 Å². The lowest BCUT2D eigenvalue weighted by molar-refractivity contribution is -0.140. The summed E-state index contributed by atoms with van der Waals surface area (Å²) in [4.78, 5) is 28.8. The van der Waals surface area contributed by atoms with Gasteiger partial charge in [-0.2, -0.15) is 0 Å².